The van der Waals surface area contributed by atoms with Crippen LogP contribution in [0.15, 0.2) is 24.4 Å². The van der Waals surface area contributed by atoms with Gasteiger partial charge in [-0.05, 0) is 18.6 Å². The van der Waals surface area contributed by atoms with E-state index in [1.54, 1.807) is 23.9 Å². The fourth-order valence-corrected chi connectivity index (χ4v) is 1.99. The maximum absolute atomic E-state index is 11.3. The van der Waals surface area contributed by atoms with Crippen molar-refractivity contribution in [3.05, 3.63) is 35.7 Å². The smallest absolute Gasteiger partial charge is 0.337 e. The Bertz CT molecular complexity index is 635. The van der Waals surface area contributed by atoms with E-state index in [1.165, 1.54) is 6.07 Å². The summed E-state index contributed by atoms with van der Waals surface area (Å²) in [4.78, 5) is 11.3. The normalized spacial score (nSPS) is 10.3. The van der Waals surface area contributed by atoms with Gasteiger partial charge in [0.05, 0.1) is 29.7 Å². The molecule has 0 bridgehead atoms. The van der Waals surface area contributed by atoms with E-state index in [1.807, 2.05) is 20.2 Å². The van der Waals surface area contributed by atoms with Gasteiger partial charge >= 0.3 is 5.97 Å². The highest BCUT2D eigenvalue weighted by molar-refractivity contribution is 5.95. The predicted molar refractivity (Wildman–Crippen MR) is 75.8 cm³/mol. The van der Waals surface area contributed by atoms with Gasteiger partial charge in [0.1, 0.15) is 5.75 Å². The van der Waals surface area contributed by atoms with Gasteiger partial charge in [0.15, 0.2) is 0 Å². The third-order valence-corrected chi connectivity index (χ3v) is 2.97. The molecule has 0 aliphatic rings. The maximum Gasteiger partial charge on any atom is 0.337 e. The van der Waals surface area contributed by atoms with E-state index in [0.29, 0.717) is 11.4 Å². The van der Waals surface area contributed by atoms with Crippen molar-refractivity contribution in [2.45, 2.75) is 13.3 Å². The quantitative estimate of drug-likeness (QED) is 0.876. The number of anilines is 2. The Hall–Kier alpha value is -2.50. The molecule has 0 fully saturated rings. The minimum atomic E-state index is -0.989. The van der Waals surface area contributed by atoms with Crippen LogP contribution in [0.25, 0.3) is 0 Å². The molecular weight excluding hydrogens is 258 g/mol. The zero-order valence-electron chi connectivity index (χ0n) is 11.7. The number of aromatic nitrogens is 2. The topological polar surface area (TPSA) is 76.4 Å². The van der Waals surface area contributed by atoms with Gasteiger partial charge in [0.25, 0.3) is 0 Å². The van der Waals surface area contributed by atoms with Crippen molar-refractivity contribution >= 4 is 17.3 Å². The lowest BCUT2D eigenvalue weighted by atomic mass is 10.1. The fraction of sp³-hybridized carbons (Fsp3) is 0.286. The van der Waals surface area contributed by atoms with Gasteiger partial charge < -0.3 is 15.2 Å². The molecule has 0 aliphatic carbocycles. The van der Waals surface area contributed by atoms with Crippen molar-refractivity contribution in [2.24, 2.45) is 7.05 Å². The van der Waals surface area contributed by atoms with E-state index in [0.717, 1.165) is 17.8 Å². The number of nitrogens with zero attached hydrogens (tertiary/aromatic N) is 2. The Kier molecular flexibility index (Phi) is 3.93. The third kappa shape index (κ3) is 2.74. The number of hydrogen-bond donors (Lipinski definition) is 2. The number of benzene rings is 1. The Labute approximate surface area is 117 Å². The summed E-state index contributed by atoms with van der Waals surface area (Å²) in [6.07, 6.45) is 2.58. The number of ether oxygens (including phenoxy) is 1. The average Bonchev–Trinajstić information content (AvgIpc) is 2.78. The second-order valence-electron chi connectivity index (χ2n) is 4.36. The molecule has 0 saturated heterocycles. The molecule has 0 amide bonds. The highest BCUT2D eigenvalue weighted by atomic mass is 16.5. The molecule has 1 aromatic heterocycles. The fourth-order valence-electron chi connectivity index (χ4n) is 1.99. The standard InChI is InChI=1S/C14H17N3O3/c1-4-11-13(8-17(2)16-11)15-12-7-9(20-3)5-6-10(12)14(18)19/h5-8,15H,4H2,1-3H3,(H,18,19). The maximum atomic E-state index is 11.3. The van der Waals surface area contributed by atoms with Crippen LogP contribution in [0.4, 0.5) is 11.4 Å². The van der Waals surface area contributed by atoms with E-state index in [4.69, 9.17) is 4.74 Å². The summed E-state index contributed by atoms with van der Waals surface area (Å²) < 4.78 is 6.83. The first-order valence-electron chi connectivity index (χ1n) is 6.26. The van der Waals surface area contributed by atoms with E-state index < -0.39 is 5.97 Å². The lowest BCUT2D eigenvalue weighted by Crippen LogP contribution is -2.03. The van der Waals surface area contributed by atoms with Crippen LogP contribution < -0.4 is 10.1 Å². The lowest BCUT2D eigenvalue weighted by molar-refractivity contribution is 0.0698. The summed E-state index contributed by atoms with van der Waals surface area (Å²) in [5.74, 6) is -0.392. The summed E-state index contributed by atoms with van der Waals surface area (Å²) in [5.41, 5.74) is 2.36. The average molecular weight is 275 g/mol. The third-order valence-electron chi connectivity index (χ3n) is 2.97. The SMILES string of the molecule is CCc1nn(C)cc1Nc1cc(OC)ccc1C(=O)O. The lowest BCUT2D eigenvalue weighted by Gasteiger charge is -2.10. The predicted octanol–water partition coefficient (Wildman–Crippen LogP) is 2.43. The van der Waals surface area contributed by atoms with E-state index >= 15 is 0 Å². The summed E-state index contributed by atoms with van der Waals surface area (Å²) >= 11 is 0. The molecule has 0 radical (unpaired) electrons. The number of aryl methyl sites for hydroxylation is 2. The molecule has 106 valence electrons. The van der Waals surface area contributed by atoms with Crippen molar-refractivity contribution in [3.63, 3.8) is 0 Å². The van der Waals surface area contributed by atoms with Gasteiger partial charge in [0, 0.05) is 19.3 Å². The molecule has 1 aromatic carbocycles. The van der Waals surface area contributed by atoms with Crippen molar-refractivity contribution in [2.75, 3.05) is 12.4 Å². The van der Waals surface area contributed by atoms with Crippen LogP contribution in [0, 0.1) is 0 Å². The molecule has 0 saturated carbocycles. The molecule has 2 N–H and O–H groups in total. The zero-order valence-corrected chi connectivity index (χ0v) is 11.7. The summed E-state index contributed by atoms with van der Waals surface area (Å²) in [7, 11) is 3.37. The van der Waals surface area contributed by atoms with Gasteiger partial charge in [-0.15, -0.1) is 0 Å². The number of carboxylic acids is 1. The summed E-state index contributed by atoms with van der Waals surface area (Å²) in [5, 5.41) is 16.7. The van der Waals surface area contributed by atoms with Gasteiger partial charge in [0.2, 0.25) is 0 Å². The van der Waals surface area contributed by atoms with Gasteiger partial charge in [-0.25, -0.2) is 4.79 Å². The molecule has 2 aromatic rings. The van der Waals surface area contributed by atoms with Crippen molar-refractivity contribution in [1.29, 1.82) is 0 Å². The molecule has 6 nitrogen and oxygen atoms in total. The zero-order chi connectivity index (χ0) is 14.7. The first-order valence-corrected chi connectivity index (χ1v) is 6.26. The summed E-state index contributed by atoms with van der Waals surface area (Å²) in [6, 6.07) is 4.81. The second kappa shape index (κ2) is 5.64. The van der Waals surface area contributed by atoms with Crippen LogP contribution >= 0.6 is 0 Å². The Morgan fingerprint density at radius 1 is 1.45 bits per heavy atom. The first-order chi connectivity index (χ1) is 9.55. The monoisotopic (exact) mass is 275 g/mol. The van der Waals surface area contributed by atoms with Gasteiger partial charge in [-0.3, -0.25) is 4.68 Å². The minimum Gasteiger partial charge on any atom is -0.497 e. The molecule has 0 atom stereocenters. The van der Waals surface area contributed by atoms with Crippen LogP contribution in [0.1, 0.15) is 23.0 Å². The molecule has 2 rings (SSSR count). The highest BCUT2D eigenvalue weighted by Crippen LogP contribution is 2.27. The first kappa shape index (κ1) is 13.9. The number of carbonyl (C=O) groups is 1. The number of rotatable bonds is 5. The largest absolute Gasteiger partial charge is 0.497 e. The Morgan fingerprint density at radius 2 is 2.20 bits per heavy atom. The summed E-state index contributed by atoms with van der Waals surface area (Å²) in [6.45, 7) is 2.00. The van der Waals surface area contributed by atoms with E-state index in [9.17, 15) is 9.90 Å². The number of hydrogen-bond acceptors (Lipinski definition) is 4. The Balaban J connectivity index is 2.42. The van der Waals surface area contributed by atoms with Gasteiger partial charge in [-0.1, -0.05) is 6.92 Å². The van der Waals surface area contributed by atoms with Crippen molar-refractivity contribution in [3.8, 4) is 5.75 Å². The van der Waals surface area contributed by atoms with Crippen LogP contribution in [0.5, 0.6) is 5.75 Å². The van der Waals surface area contributed by atoms with Crippen LogP contribution in [0.3, 0.4) is 0 Å². The van der Waals surface area contributed by atoms with Crippen LogP contribution in [-0.2, 0) is 13.5 Å². The van der Waals surface area contributed by atoms with Crippen LogP contribution in [0.2, 0.25) is 0 Å². The number of aromatic carboxylic acids is 1. The van der Waals surface area contributed by atoms with Crippen molar-refractivity contribution in [1.82, 2.24) is 9.78 Å². The van der Waals surface area contributed by atoms with Crippen LogP contribution in [-0.4, -0.2) is 28.0 Å². The molecular formula is C14H17N3O3. The molecule has 6 heteroatoms. The van der Waals surface area contributed by atoms with E-state index in [2.05, 4.69) is 10.4 Å². The Morgan fingerprint density at radius 3 is 2.80 bits per heavy atom. The highest BCUT2D eigenvalue weighted by Gasteiger charge is 2.14. The number of nitrogens with one attached hydrogen (secondary N) is 1. The number of carboxylic acid groups (broad SMARTS) is 1. The van der Waals surface area contributed by atoms with E-state index in [-0.39, 0.29) is 5.56 Å². The molecule has 0 unspecified atom stereocenters. The minimum absolute atomic E-state index is 0.191. The molecule has 1 heterocycles. The number of methoxy groups -OCH3 is 1. The second-order valence-corrected chi connectivity index (χ2v) is 4.36. The molecule has 0 spiro atoms. The van der Waals surface area contributed by atoms with Crippen molar-refractivity contribution < 1.29 is 14.6 Å². The van der Waals surface area contributed by atoms with Gasteiger partial charge in [-0.2, -0.15) is 5.10 Å². The molecule has 20 heavy (non-hydrogen) atoms. The molecule has 0 aliphatic heterocycles.